The Hall–Kier alpha value is -3.91. The molecule has 0 amide bonds. The summed E-state index contributed by atoms with van der Waals surface area (Å²) in [5, 5.41) is 11.6. The highest BCUT2D eigenvalue weighted by atomic mass is 32.1. The molecule has 0 bridgehead atoms. The van der Waals surface area contributed by atoms with Gasteiger partial charge >= 0.3 is 0 Å². The Balaban J connectivity index is 1.54. The molecule has 4 aromatic rings. The minimum atomic E-state index is 0.391. The number of nitrogens with zero attached hydrogens (tertiary/aromatic N) is 3. The maximum absolute atomic E-state index is 5.92. The minimum absolute atomic E-state index is 0.391. The first-order valence-electron chi connectivity index (χ1n) is 9.89. The summed E-state index contributed by atoms with van der Waals surface area (Å²) in [5.74, 6) is 2.65. The summed E-state index contributed by atoms with van der Waals surface area (Å²) in [5.41, 5.74) is 2.77. The fourth-order valence-corrected chi connectivity index (χ4v) is 3.25. The van der Waals surface area contributed by atoms with Gasteiger partial charge in [-0.2, -0.15) is 14.9 Å². The molecule has 0 radical (unpaired) electrons. The number of nitrogens with one attached hydrogen (secondary N) is 1. The Labute approximate surface area is 190 Å². The van der Waals surface area contributed by atoms with Crippen molar-refractivity contribution in [1.82, 2.24) is 14.9 Å². The number of aromatic amines is 1. The zero-order valence-corrected chi connectivity index (χ0v) is 18.5. The van der Waals surface area contributed by atoms with E-state index in [9.17, 15) is 0 Å². The second kappa shape index (κ2) is 9.93. The van der Waals surface area contributed by atoms with Crippen LogP contribution >= 0.6 is 12.2 Å². The zero-order valence-electron chi connectivity index (χ0n) is 17.7. The molecule has 3 aromatic carbocycles. The molecule has 1 aromatic heterocycles. The van der Waals surface area contributed by atoms with Crippen molar-refractivity contribution in [3.63, 3.8) is 0 Å². The van der Waals surface area contributed by atoms with Gasteiger partial charge in [0.25, 0.3) is 0 Å². The van der Waals surface area contributed by atoms with E-state index < -0.39 is 0 Å². The van der Waals surface area contributed by atoms with Gasteiger partial charge in [0.15, 0.2) is 17.3 Å². The molecule has 162 valence electrons. The fourth-order valence-electron chi connectivity index (χ4n) is 3.07. The first kappa shape index (κ1) is 21.3. The number of rotatable bonds is 8. The average molecular weight is 447 g/mol. The fraction of sp³-hybridized carbons (Fsp3) is 0.125. The van der Waals surface area contributed by atoms with Gasteiger partial charge < -0.3 is 14.2 Å². The lowest BCUT2D eigenvalue weighted by Crippen LogP contribution is -1.99. The lowest BCUT2D eigenvalue weighted by atomic mass is 10.2. The number of methoxy groups -OCH3 is 2. The molecule has 0 saturated heterocycles. The predicted octanol–water partition coefficient (Wildman–Crippen LogP) is 5.09. The third-order valence-corrected chi connectivity index (χ3v) is 5.01. The smallest absolute Gasteiger partial charge is 0.216 e. The Kier molecular flexibility index (Phi) is 6.62. The van der Waals surface area contributed by atoms with E-state index in [2.05, 4.69) is 15.3 Å². The van der Waals surface area contributed by atoms with Crippen molar-refractivity contribution in [2.75, 3.05) is 14.2 Å². The van der Waals surface area contributed by atoms with E-state index >= 15 is 0 Å². The van der Waals surface area contributed by atoms with Gasteiger partial charge in [0.05, 0.1) is 20.4 Å². The van der Waals surface area contributed by atoms with Crippen LogP contribution in [-0.2, 0) is 6.61 Å². The minimum Gasteiger partial charge on any atom is -0.497 e. The van der Waals surface area contributed by atoms with Crippen LogP contribution in [0.25, 0.3) is 11.4 Å². The van der Waals surface area contributed by atoms with E-state index in [4.69, 9.17) is 26.4 Å². The molecule has 0 unspecified atom stereocenters. The first-order valence-corrected chi connectivity index (χ1v) is 10.3. The zero-order chi connectivity index (χ0) is 22.3. The van der Waals surface area contributed by atoms with Crippen LogP contribution < -0.4 is 14.2 Å². The number of aromatic nitrogens is 3. The molecule has 0 atom stereocenters. The van der Waals surface area contributed by atoms with E-state index in [1.54, 1.807) is 25.1 Å². The molecule has 7 nitrogen and oxygen atoms in total. The van der Waals surface area contributed by atoms with Gasteiger partial charge in [-0.15, -0.1) is 0 Å². The maximum Gasteiger partial charge on any atom is 0.216 e. The highest BCUT2D eigenvalue weighted by Crippen LogP contribution is 2.28. The van der Waals surface area contributed by atoms with Crippen LogP contribution in [0.2, 0.25) is 0 Å². The van der Waals surface area contributed by atoms with Gasteiger partial charge in [0.1, 0.15) is 12.4 Å². The van der Waals surface area contributed by atoms with E-state index in [1.807, 2.05) is 72.8 Å². The Morgan fingerprint density at radius 3 is 2.47 bits per heavy atom. The second-order valence-corrected chi connectivity index (χ2v) is 7.21. The highest BCUT2D eigenvalue weighted by molar-refractivity contribution is 7.71. The summed E-state index contributed by atoms with van der Waals surface area (Å²) in [6.45, 7) is 0.458. The molecule has 0 spiro atoms. The summed E-state index contributed by atoms with van der Waals surface area (Å²) in [4.78, 5) is 0. The third-order valence-electron chi connectivity index (χ3n) is 4.75. The Morgan fingerprint density at radius 2 is 1.75 bits per heavy atom. The molecule has 0 aliphatic rings. The summed E-state index contributed by atoms with van der Waals surface area (Å²) >= 11 is 5.35. The van der Waals surface area contributed by atoms with E-state index in [-0.39, 0.29) is 0 Å². The molecule has 0 aliphatic carbocycles. The lowest BCUT2D eigenvalue weighted by molar-refractivity contribution is 0.284. The van der Waals surface area contributed by atoms with Crippen molar-refractivity contribution in [3.8, 4) is 28.6 Å². The predicted molar refractivity (Wildman–Crippen MR) is 126 cm³/mol. The second-order valence-electron chi connectivity index (χ2n) is 6.82. The molecule has 1 N–H and O–H groups in total. The van der Waals surface area contributed by atoms with Crippen LogP contribution in [0.4, 0.5) is 0 Å². The third kappa shape index (κ3) is 4.87. The van der Waals surface area contributed by atoms with Crippen molar-refractivity contribution in [2.24, 2.45) is 5.10 Å². The summed E-state index contributed by atoms with van der Waals surface area (Å²) in [6, 6.07) is 23.1. The van der Waals surface area contributed by atoms with Crippen LogP contribution in [0, 0.1) is 4.77 Å². The van der Waals surface area contributed by atoms with E-state index in [1.165, 1.54) is 0 Å². The molecular weight excluding hydrogens is 424 g/mol. The molecular formula is C24H22N4O3S. The number of hydrogen-bond donors (Lipinski definition) is 1. The van der Waals surface area contributed by atoms with Crippen molar-refractivity contribution < 1.29 is 14.2 Å². The molecule has 0 saturated carbocycles. The molecule has 0 fully saturated rings. The van der Waals surface area contributed by atoms with Crippen molar-refractivity contribution >= 4 is 18.4 Å². The number of hydrogen-bond acceptors (Lipinski definition) is 6. The normalized spacial score (nSPS) is 10.9. The van der Waals surface area contributed by atoms with E-state index in [0.717, 1.165) is 22.4 Å². The number of ether oxygens (including phenoxy) is 3. The number of H-pyrrole nitrogens is 1. The van der Waals surface area contributed by atoms with Crippen LogP contribution in [-0.4, -0.2) is 35.3 Å². The average Bonchev–Trinajstić information content (AvgIpc) is 3.22. The summed E-state index contributed by atoms with van der Waals surface area (Å²) in [6.07, 6.45) is 1.70. The monoisotopic (exact) mass is 446 g/mol. The Morgan fingerprint density at radius 1 is 0.969 bits per heavy atom. The molecule has 1 heterocycles. The summed E-state index contributed by atoms with van der Waals surface area (Å²) < 4.78 is 18.6. The largest absolute Gasteiger partial charge is 0.497 e. The SMILES string of the molecule is COc1ccc(-c2n[nH]c(=S)n2/N=C\c2ccc(OCc3ccccc3)c(OC)c2)cc1. The topological polar surface area (TPSA) is 73.7 Å². The van der Waals surface area contributed by atoms with Crippen LogP contribution in [0.1, 0.15) is 11.1 Å². The molecule has 8 heteroatoms. The molecule has 0 aliphatic heterocycles. The van der Waals surface area contributed by atoms with Gasteiger partial charge in [0.2, 0.25) is 4.77 Å². The van der Waals surface area contributed by atoms with Gasteiger partial charge in [-0.3, -0.25) is 0 Å². The molecule has 32 heavy (non-hydrogen) atoms. The molecule has 4 rings (SSSR count). The van der Waals surface area contributed by atoms with Gasteiger partial charge in [-0.05, 0) is 65.8 Å². The first-order chi connectivity index (χ1) is 15.7. The Bertz CT molecular complexity index is 1260. The van der Waals surface area contributed by atoms with Gasteiger partial charge in [-0.1, -0.05) is 30.3 Å². The van der Waals surface area contributed by atoms with Crippen LogP contribution in [0.5, 0.6) is 17.2 Å². The van der Waals surface area contributed by atoms with Gasteiger partial charge in [-0.25, -0.2) is 5.10 Å². The van der Waals surface area contributed by atoms with Crippen LogP contribution in [0.15, 0.2) is 77.9 Å². The number of benzene rings is 3. The van der Waals surface area contributed by atoms with Crippen molar-refractivity contribution in [1.29, 1.82) is 0 Å². The highest BCUT2D eigenvalue weighted by Gasteiger charge is 2.09. The summed E-state index contributed by atoms with van der Waals surface area (Å²) in [7, 11) is 3.24. The van der Waals surface area contributed by atoms with Crippen molar-refractivity contribution in [2.45, 2.75) is 6.61 Å². The maximum atomic E-state index is 5.92. The van der Waals surface area contributed by atoms with Crippen LogP contribution in [0.3, 0.4) is 0 Å². The van der Waals surface area contributed by atoms with E-state index in [0.29, 0.717) is 28.7 Å². The quantitative estimate of drug-likeness (QED) is 0.302. The lowest BCUT2D eigenvalue weighted by Gasteiger charge is -2.11. The van der Waals surface area contributed by atoms with Gasteiger partial charge in [0, 0.05) is 5.56 Å². The van der Waals surface area contributed by atoms with Crippen molar-refractivity contribution in [3.05, 3.63) is 88.7 Å². The standard InChI is InChI=1S/C24H22N4O3S/c1-29-20-11-9-19(10-12-20)23-26-27-24(32)28(23)25-15-18-8-13-21(22(14-18)30-2)31-16-17-6-4-3-5-7-17/h3-15H,16H2,1-2H3,(H,27,32)/b25-15-.